The highest BCUT2D eigenvalue weighted by Gasteiger charge is 2.33. The first-order valence-corrected chi connectivity index (χ1v) is 10.1. The summed E-state index contributed by atoms with van der Waals surface area (Å²) in [6.07, 6.45) is 5.07. The molecule has 6 nitrogen and oxygen atoms in total. The van der Waals surface area contributed by atoms with E-state index in [0.717, 1.165) is 62.2 Å². The maximum Gasteiger partial charge on any atom is 0.191 e. The normalized spacial score (nSPS) is 18.8. The van der Waals surface area contributed by atoms with E-state index in [4.69, 9.17) is 19.2 Å². The molecule has 1 heterocycles. The Hall–Kier alpha value is -1.22. The van der Waals surface area contributed by atoms with Gasteiger partial charge < -0.3 is 24.8 Å². The van der Waals surface area contributed by atoms with E-state index in [0.29, 0.717) is 12.6 Å². The largest absolute Gasteiger partial charge is 0.497 e. The molecular formula is C21H34IN3O3. The second-order valence-electron chi connectivity index (χ2n) is 7.85. The number of rotatable bonds is 8. The fraction of sp³-hybridized carbons (Fsp3) is 0.667. The van der Waals surface area contributed by atoms with Crippen LogP contribution in [0.25, 0.3) is 0 Å². The number of hydrogen-bond donors (Lipinski definition) is 2. The van der Waals surface area contributed by atoms with Gasteiger partial charge in [0.15, 0.2) is 5.96 Å². The lowest BCUT2D eigenvalue weighted by molar-refractivity contribution is -0.0971. The van der Waals surface area contributed by atoms with Crippen LogP contribution in [0.3, 0.4) is 0 Å². The molecule has 158 valence electrons. The highest BCUT2D eigenvalue weighted by Crippen LogP contribution is 2.30. The lowest BCUT2D eigenvalue weighted by atomic mass is 9.89. The Balaban J connectivity index is 0.00000280. The van der Waals surface area contributed by atoms with Crippen LogP contribution in [0.2, 0.25) is 0 Å². The lowest BCUT2D eigenvalue weighted by Gasteiger charge is -2.38. The van der Waals surface area contributed by atoms with Crippen molar-refractivity contribution in [2.24, 2.45) is 10.4 Å². The molecule has 0 amide bonds. The van der Waals surface area contributed by atoms with Crippen LogP contribution in [0, 0.1) is 5.41 Å². The van der Waals surface area contributed by atoms with Gasteiger partial charge >= 0.3 is 0 Å². The molecule has 1 saturated carbocycles. The molecule has 0 aromatic heterocycles. The fourth-order valence-electron chi connectivity index (χ4n) is 3.44. The molecule has 2 aliphatic rings. The molecular weight excluding hydrogens is 469 g/mol. The van der Waals surface area contributed by atoms with Crippen molar-refractivity contribution in [3.05, 3.63) is 23.8 Å². The van der Waals surface area contributed by atoms with Crippen molar-refractivity contribution in [2.75, 3.05) is 33.4 Å². The van der Waals surface area contributed by atoms with Crippen molar-refractivity contribution in [1.29, 1.82) is 0 Å². The van der Waals surface area contributed by atoms with Crippen molar-refractivity contribution < 1.29 is 14.2 Å². The minimum Gasteiger partial charge on any atom is -0.497 e. The Morgan fingerprint density at radius 3 is 2.61 bits per heavy atom. The molecule has 1 aliphatic carbocycles. The third kappa shape index (κ3) is 6.40. The summed E-state index contributed by atoms with van der Waals surface area (Å²) >= 11 is 0. The van der Waals surface area contributed by atoms with Gasteiger partial charge in [0.05, 0.1) is 33.0 Å². The second kappa shape index (κ2) is 11.1. The summed E-state index contributed by atoms with van der Waals surface area (Å²) in [6.45, 7) is 8.15. The quantitative estimate of drug-likeness (QED) is 0.322. The number of nitrogens with zero attached hydrogens (tertiary/aromatic N) is 1. The van der Waals surface area contributed by atoms with Crippen LogP contribution in [-0.4, -0.2) is 45.5 Å². The van der Waals surface area contributed by atoms with E-state index in [2.05, 4.69) is 30.5 Å². The van der Waals surface area contributed by atoms with Gasteiger partial charge in [-0.15, -0.1) is 24.0 Å². The molecule has 2 fully saturated rings. The molecule has 28 heavy (non-hydrogen) atoms. The summed E-state index contributed by atoms with van der Waals surface area (Å²) in [7, 11) is 1.68. The highest BCUT2D eigenvalue weighted by atomic mass is 127. The zero-order chi connectivity index (χ0) is 19.1. The van der Waals surface area contributed by atoms with Crippen LogP contribution in [0.5, 0.6) is 11.5 Å². The molecule has 0 radical (unpaired) electrons. The SMILES string of the molecule is CCNC(=NCc1ccc(OC)cc1OC1CCCC1)NCC1(C)COC1.I. The standard InChI is InChI=1S/C21H33N3O3.HI/c1-4-22-20(24-13-21(2)14-26-15-21)23-12-16-9-10-18(25-3)11-19(16)27-17-7-5-6-8-17;/h9-11,17H,4-8,12-15H2,1-3H3,(H2,22,23,24);1H. The van der Waals surface area contributed by atoms with Crippen LogP contribution < -0.4 is 20.1 Å². The van der Waals surface area contributed by atoms with Crippen molar-refractivity contribution in [3.63, 3.8) is 0 Å². The van der Waals surface area contributed by atoms with Crippen LogP contribution in [0.15, 0.2) is 23.2 Å². The van der Waals surface area contributed by atoms with Crippen molar-refractivity contribution >= 4 is 29.9 Å². The van der Waals surface area contributed by atoms with E-state index in [1.165, 1.54) is 12.8 Å². The minimum absolute atomic E-state index is 0. The zero-order valence-electron chi connectivity index (χ0n) is 17.3. The van der Waals surface area contributed by atoms with Gasteiger partial charge in [0.2, 0.25) is 0 Å². The number of hydrogen-bond acceptors (Lipinski definition) is 4. The molecule has 2 N–H and O–H groups in total. The number of methoxy groups -OCH3 is 1. The number of benzene rings is 1. The first kappa shape index (κ1) is 23.1. The summed E-state index contributed by atoms with van der Waals surface area (Å²) in [4.78, 5) is 4.77. The first-order valence-electron chi connectivity index (χ1n) is 10.1. The molecule has 0 bridgehead atoms. The molecule has 1 aromatic rings. The van der Waals surface area contributed by atoms with Gasteiger partial charge in [-0.3, -0.25) is 0 Å². The first-order chi connectivity index (χ1) is 13.1. The monoisotopic (exact) mass is 503 g/mol. The predicted octanol–water partition coefficient (Wildman–Crippen LogP) is 3.73. The molecule has 7 heteroatoms. The van der Waals surface area contributed by atoms with Crippen molar-refractivity contribution in [2.45, 2.75) is 52.2 Å². The van der Waals surface area contributed by atoms with Gasteiger partial charge in [-0.25, -0.2) is 4.99 Å². The van der Waals surface area contributed by atoms with Gasteiger partial charge in [-0.05, 0) is 44.7 Å². The van der Waals surface area contributed by atoms with E-state index < -0.39 is 0 Å². The Bertz CT molecular complexity index is 644. The van der Waals surface area contributed by atoms with Crippen LogP contribution >= 0.6 is 24.0 Å². The minimum atomic E-state index is 0. The van der Waals surface area contributed by atoms with Gasteiger partial charge in [-0.1, -0.05) is 6.92 Å². The molecule has 0 unspecified atom stereocenters. The summed E-state index contributed by atoms with van der Waals surface area (Å²) < 4.78 is 17.0. The highest BCUT2D eigenvalue weighted by molar-refractivity contribution is 14.0. The summed E-state index contributed by atoms with van der Waals surface area (Å²) in [5.74, 6) is 2.53. The van der Waals surface area contributed by atoms with Crippen molar-refractivity contribution in [3.8, 4) is 11.5 Å². The number of nitrogens with one attached hydrogen (secondary N) is 2. The van der Waals surface area contributed by atoms with E-state index >= 15 is 0 Å². The fourth-order valence-corrected chi connectivity index (χ4v) is 3.44. The molecule has 1 saturated heterocycles. The van der Waals surface area contributed by atoms with E-state index in [1.54, 1.807) is 7.11 Å². The van der Waals surface area contributed by atoms with Gasteiger partial charge in [0, 0.05) is 30.1 Å². The van der Waals surface area contributed by atoms with Crippen molar-refractivity contribution in [1.82, 2.24) is 10.6 Å². The maximum atomic E-state index is 6.28. The number of aliphatic imine (C=N–C) groups is 1. The third-order valence-corrected chi connectivity index (χ3v) is 5.21. The smallest absolute Gasteiger partial charge is 0.191 e. The maximum absolute atomic E-state index is 6.28. The predicted molar refractivity (Wildman–Crippen MR) is 123 cm³/mol. The molecule has 0 spiro atoms. The summed E-state index contributed by atoms with van der Waals surface area (Å²) in [5, 5.41) is 6.76. The van der Waals surface area contributed by atoms with Crippen LogP contribution in [-0.2, 0) is 11.3 Å². The molecule has 1 aliphatic heterocycles. The summed E-state index contributed by atoms with van der Waals surface area (Å²) in [6, 6.07) is 6.01. The molecule has 3 rings (SSSR count). The number of guanidine groups is 1. The Morgan fingerprint density at radius 2 is 2.00 bits per heavy atom. The number of halogens is 1. The third-order valence-electron chi connectivity index (χ3n) is 5.21. The summed E-state index contributed by atoms with van der Waals surface area (Å²) in [5.41, 5.74) is 1.28. The Morgan fingerprint density at radius 1 is 1.25 bits per heavy atom. The topological polar surface area (TPSA) is 64.1 Å². The van der Waals surface area contributed by atoms with Gasteiger partial charge in [0.1, 0.15) is 11.5 Å². The average Bonchev–Trinajstić information content (AvgIpc) is 3.16. The number of ether oxygens (including phenoxy) is 3. The van der Waals surface area contributed by atoms with E-state index in [1.807, 2.05) is 12.1 Å². The van der Waals surface area contributed by atoms with E-state index in [-0.39, 0.29) is 29.4 Å². The Labute approximate surface area is 185 Å². The Kier molecular flexibility index (Phi) is 9.14. The zero-order valence-corrected chi connectivity index (χ0v) is 19.6. The average molecular weight is 503 g/mol. The van der Waals surface area contributed by atoms with Crippen LogP contribution in [0.1, 0.15) is 45.1 Å². The van der Waals surface area contributed by atoms with Gasteiger partial charge in [-0.2, -0.15) is 0 Å². The van der Waals surface area contributed by atoms with Gasteiger partial charge in [0.25, 0.3) is 0 Å². The lowest BCUT2D eigenvalue weighted by Crippen LogP contribution is -2.51. The molecule has 0 atom stereocenters. The van der Waals surface area contributed by atoms with E-state index in [9.17, 15) is 0 Å². The second-order valence-corrected chi connectivity index (χ2v) is 7.85. The van der Waals surface area contributed by atoms with Crippen LogP contribution in [0.4, 0.5) is 0 Å². The molecule has 1 aromatic carbocycles.